The van der Waals surface area contributed by atoms with Gasteiger partial charge in [0.1, 0.15) is 6.29 Å². The fourth-order valence-electron chi connectivity index (χ4n) is 0.852. The molecule has 0 radical (unpaired) electrons. The van der Waals surface area contributed by atoms with E-state index in [1.54, 1.807) is 0 Å². The minimum atomic E-state index is 0.723. The number of carbonyl (C=O) groups excluding carboxylic acids is 1. The molecule has 10 heavy (non-hydrogen) atoms. The molecule has 0 heterocycles. The predicted octanol–water partition coefficient (Wildman–Crippen LogP) is 2.76. The molecule has 0 bridgehead atoms. The van der Waals surface area contributed by atoms with E-state index in [2.05, 4.69) is 0 Å². The van der Waals surface area contributed by atoms with Crippen LogP contribution in [-0.2, 0) is 4.79 Å². The first-order chi connectivity index (χ1) is 4.91. The first-order valence-corrected chi connectivity index (χ1v) is 4.45. The number of rotatable bonds is 7. The molecule has 0 fully saturated rings. The van der Waals surface area contributed by atoms with Gasteiger partial charge in [0, 0.05) is 12.3 Å². The Balaban J connectivity index is 2.70. The molecule has 0 unspecified atom stereocenters. The molecule has 0 atom stereocenters. The molecule has 0 aliphatic carbocycles. The zero-order valence-electron chi connectivity index (χ0n) is 6.31. The highest BCUT2D eigenvalue weighted by molar-refractivity contribution is 6.17. The molecule has 0 rings (SSSR count). The molecule has 0 aromatic heterocycles. The molecule has 0 saturated carbocycles. The third-order valence-electron chi connectivity index (χ3n) is 1.46. The average Bonchev–Trinajstić information content (AvgIpc) is 1.97. The minimum absolute atomic E-state index is 0.723. The number of aldehydes is 1. The van der Waals surface area contributed by atoms with Gasteiger partial charge in [0.15, 0.2) is 0 Å². The summed E-state index contributed by atoms with van der Waals surface area (Å²) in [6, 6.07) is 0. The van der Waals surface area contributed by atoms with Gasteiger partial charge in [-0.25, -0.2) is 0 Å². The lowest BCUT2D eigenvalue weighted by Crippen LogP contribution is -1.80. The van der Waals surface area contributed by atoms with Gasteiger partial charge in [-0.15, -0.1) is 11.6 Å². The van der Waals surface area contributed by atoms with Crippen molar-refractivity contribution in [1.82, 2.24) is 0 Å². The van der Waals surface area contributed by atoms with Crippen molar-refractivity contribution in [3.05, 3.63) is 0 Å². The van der Waals surface area contributed by atoms with Gasteiger partial charge in [-0.05, 0) is 12.8 Å². The number of hydrogen-bond acceptors (Lipinski definition) is 1. The quantitative estimate of drug-likeness (QED) is 0.320. The van der Waals surface area contributed by atoms with Gasteiger partial charge in [-0.1, -0.05) is 19.3 Å². The van der Waals surface area contributed by atoms with Gasteiger partial charge in [0.05, 0.1) is 0 Å². The van der Waals surface area contributed by atoms with Crippen LogP contribution in [0.1, 0.15) is 38.5 Å². The van der Waals surface area contributed by atoms with Crippen molar-refractivity contribution in [3.8, 4) is 0 Å². The van der Waals surface area contributed by atoms with Crippen LogP contribution in [0.15, 0.2) is 0 Å². The molecule has 0 saturated heterocycles. The summed E-state index contributed by atoms with van der Waals surface area (Å²) < 4.78 is 0. The van der Waals surface area contributed by atoms with Crippen molar-refractivity contribution < 1.29 is 4.79 Å². The summed E-state index contributed by atoms with van der Waals surface area (Å²) in [5.74, 6) is 0.772. The van der Waals surface area contributed by atoms with Crippen molar-refractivity contribution in [2.24, 2.45) is 0 Å². The van der Waals surface area contributed by atoms with Crippen molar-refractivity contribution in [2.45, 2.75) is 38.5 Å². The number of unbranched alkanes of at least 4 members (excludes halogenated alkanes) is 5. The second-order valence-corrected chi connectivity index (χ2v) is 2.79. The molecular weight excluding hydrogens is 148 g/mol. The van der Waals surface area contributed by atoms with E-state index in [1.165, 1.54) is 19.3 Å². The summed E-state index contributed by atoms with van der Waals surface area (Å²) in [4.78, 5) is 9.87. The highest BCUT2D eigenvalue weighted by Crippen LogP contribution is 2.04. The molecule has 2 heteroatoms. The van der Waals surface area contributed by atoms with Gasteiger partial charge < -0.3 is 4.79 Å². The lowest BCUT2D eigenvalue weighted by molar-refractivity contribution is -0.107. The van der Waals surface area contributed by atoms with Gasteiger partial charge in [-0.3, -0.25) is 0 Å². The Kier molecular flexibility index (Phi) is 8.92. The number of halogens is 1. The Bertz CT molecular complexity index is 73.7. The number of alkyl halides is 1. The van der Waals surface area contributed by atoms with E-state index < -0.39 is 0 Å². The summed E-state index contributed by atoms with van der Waals surface area (Å²) in [5, 5.41) is 0. The zero-order chi connectivity index (χ0) is 7.66. The van der Waals surface area contributed by atoms with Crippen LogP contribution in [-0.4, -0.2) is 12.2 Å². The smallest absolute Gasteiger partial charge is 0.119 e. The third-order valence-corrected chi connectivity index (χ3v) is 1.72. The standard InChI is InChI=1S/C8H15ClO/c9-7-5-3-1-2-4-6-8-10/h8H,1-7H2. The Morgan fingerprint density at radius 3 is 2.20 bits per heavy atom. The number of carbonyl (C=O) groups is 1. The first kappa shape index (κ1) is 9.96. The van der Waals surface area contributed by atoms with Crippen LogP contribution in [0.4, 0.5) is 0 Å². The van der Waals surface area contributed by atoms with Crippen LogP contribution in [0.25, 0.3) is 0 Å². The van der Waals surface area contributed by atoms with E-state index in [0.717, 1.165) is 31.4 Å². The maximum absolute atomic E-state index is 9.87. The molecule has 0 N–H and O–H groups in total. The minimum Gasteiger partial charge on any atom is -0.303 e. The maximum atomic E-state index is 9.87. The zero-order valence-corrected chi connectivity index (χ0v) is 7.07. The summed E-state index contributed by atoms with van der Waals surface area (Å²) >= 11 is 5.49. The monoisotopic (exact) mass is 162 g/mol. The summed E-state index contributed by atoms with van der Waals surface area (Å²) in [6.45, 7) is 0. The lowest BCUT2D eigenvalue weighted by atomic mass is 10.1. The van der Waals surface area contributed by atoms with Crippen molar-refractivity contribution >= 4 is 17.9 Å². The van der Waals surface area contributed by atoms with Crippen molar-refractivity contribution in [2.75, 3.05) is 5.88 Å². The van der Waals surface area contributed by atoms with Gasteiger partial charge in [-0.2, -0.15) is 0 Å². The molecule has 0 aromatic rings. The molecule has 1 nitrogen and oxygen atoms in total. The summed E-state index contributed by atoms with van der Waals surface area (Å²) in [6.07, 6.45) is 7.48. The molecule has 60 valence electrons. The largest absolute Gasteiger partial charge is 0.303 e. The summed E-state index contributed by atoms with van der Waals surface area (Å²) in [5.41, 5.74) is 0. The second kappa shape index (κ2) is 8.96. The average molecular weight is 163 g/mol. The predicted molar refractivity (Wildman–Crippen MR) is 44.5 cm³/mol. The highest BCUT2D eigenvalue weighted by atomic mass is 35.5. The van der Waals surface area contributed by atoms with E-state index in [1.807, 2.05) is 0 Å². The molecule has 0 aliphatic heterocycles. The van der Waals surface area contributed by atoms with Crippen LogP contribution in [0, 0.1) is 0 Å². The molecule has 0 amide bonds. The van der Waals surface area contributed by atoms with E-state index >= 15 is 0 Å². The third kappa shape index (κ3) is 7.96. The van der Waals surface area contributed by atoms with Crippen LogP contribution in [0.2, 0.25) is 0 Å². The van der Waals surface area contributed by atoms with Gasteiger partial charge in [0.25, 0.3) is 0 Å². The normalized spacial score (nSPS) is 9.70. The van der Waals surface area contributed by atoms with Crippen LogP contribution >= 0.6 is 11.6 Å². The topological polar surface area (TPSA) is 17.1 Å². The van der Waals surface area contributed by atoms with Crippen LogP contribution < -0.4 is 0 Å². The van der Waals surface area contributed by atoms with Crippen molar-refractivity contribution in [1.29, 1.82) is 0 Å². The van der Waals surface area contributed by atoms with E-state index in [4.69, 9.17) is 11.6 Å². The second-order valence-electron chi connectivity index (χ2n) is 2.41. The lowest BCUT2D eigenvalue weighted by Gasteiger charge is -1.95. The Morgan fingerprint density at radius 2 is 1.60 bits per heavy atom. The SMILES string of the molecule is O=CCCCCCCCCl. The van der Waals surface area contributed by atoms with Crippen LogP contribution in [0.3, 0.4) is 0 Å². The van der Waals surface area contributed by atoms with Gasteiger partial charge in [0.2, 0.25) is 0 Å². The van der Waals surface area contributed by atoms with E-state index in [9.17, 15) is 4.79 Å². The van der Waals surface area contributed by atoms with E-state index in [-0.39, 0.29) is 0 Å². The Morgan fingerprint density at radius 1 is 1.00 bits per heavy atom. The van der Waals surface area contributed by atoms with Gasteiger partial charge >= 0.3 is 0 Å². The molecule has 0 spiro atoms. The molecular formula is C8H15ClO. The Labute approximate surface area is 67.8 Å². The maximum Gasteiger partial charge on any atom is 0.119 e. The van der Waals surface area contributed by atoms with Crippen molar-refractivity contribution in [3.63, 3.8) is 0 Å². The fraction of sp³-hybridized carbons (Fsp3) is 0.875. The number of hydrogen-bond donors (Lipinski definition) is 0. The van der Waals surface area contributed by atoms with Crippen LogP contribution in [0.5, 0.6) is 0 Å². The highest BCUT2D eigenvalue weighted by Gasteiger charge is 1.88. The molecule has 0 aromatic carbocycles. The van der Waals surface area contributed by atoms with E-state index in [0.29, 0.717) is 0 Å². The fourth-order valence-corrected chi connectivity index (χ4v) is 1.04. The first-order valence-electron chi connectivity index (χ1n) is 3.91. The summed E-state index contributed by atoms with van der Waals surface area (Å²) in [7, 11) is 0. The Hall–Kier alpha value is -0.0400. The molecule has 0 aliphatic rings.